The third-order valence-corrected chi connectivity index (χ3v) is 2.99. The van der Waals surface area contributed by atoms with E-state index >= 15 is 0 Å². The summed E-state index contributed by atoms with van der Waals surface area (Å²) in [4.78, 5) is 0. The molecule has 0 radical (unpaired) electrons. The predicted octanol–water partition coefficient (Wildman–Crippen LogP) is 2.86. The van der Waals surface area contributed by atoms with Gasteiger partial charge in [0.15, 0.2) is 0 Å². The van der Waals surface area contributed by atoms with Crippen LogP contribution in [-0.2, 0) is 6.54 Å². The highest BCUT2D eigenvalue weighted by atomic mass is 16.5. The van der Waals surface area contributed by atoms with Crippen molar-refractivity contribution in [2.24, 2.45) is 5.73 Å². The number of ether oxygens (including phenoxy) is 1. The standard InChI is InChI=1S/C13H19NO/c14-10-11-5-4-8-13(9-11)15-12-6-2-1-3-7-12/h4-5,8-9,12H,1-3,6-7,10,14H2. The smallest absolute Gasteiger partial charge is 0.120 e. The van der Waals surface area contributed by atoms with Crippen LogP contribution in [0.2, 0.25) is 0 Å². The van der Waals surface area contributed by atoms with Gasteiger partial charge in [0.2, 0.25) is 0 Å². The van der Waals surface area contributed by atoms with Crippen LogP contribution in [0.25, 0.3) is 0 Å². The highest BCUT2D eigenvalue weighted by Crippen LogP contribution is 2.23. The first-order chi connectivity index (χ1) is 7.38. The zero-order valence-electron chi connectivity index (χ0n) is 9.11. The molecule has 0 spiro atoms. The Morgan fingerprint density at radius 2 is 2.00 bits per heavy atom. The van der Waals surface area contributed by atoms with E-state index in [9.17, 15) is 0 Å². The van der Waals surface area contributed by atoms with Crippen LogP contribution in [0.15, 0.2) is 24.3 Å². The average molecular weight is 205 g/mol. The molecule has 15 heavy (non-hydrogen) atoms. The van der Waals surface area contributed by atoms with Gasteiger partial charge >= 0.3 is 0 Å². The summed E-state index contributed by atoms with van der Waals surface area (Å²) in [6.07, 6.45) is 6.80. The zero-order chi connectivity index (χ0) is 10.5. The first kappa shape index (κ1) is 10.5. The van der Waals surface area contributed by atoms with Gasteiger partial charge in [0.05, 0.1) is 6.10 Å². The summed E-state index contributed by atoms with van der Waals surface area (Å²) in [6.45, 7) is 0.585. The Labute approximate surface area is 91.4 Å². The van der Waals surface area contributed by atoms with Crippen molar-refractivity contribution < 1.29 is 4.74 Å². The van der Waals surface area contributed by atoms with E-state index in [4.69, 9.17) is 10.5 Å². The molecule has 0 aromatic heterocycles. The molecule has 2 N–H and O–H groups in total. The molecule has 1 aliphatic carbocycles. The molecule has 0 bridgehead atoms. The minimum absolute atomic E-state index is 0.423. The fraction of sp³-hybridized carbons (Fsp3) is 0.538. The summed E-state index contributed by atoms with van der Waals surface area (Å²) in [5, 5.41) is 0. The van der Waals surface area contributed by atoms with E-state index < -0.39 is 0 Å². The van der Waals surface area contributed by atoms with Crippen molar-refractivity contribution in [2.45, 2.75) is 44.8 Å². The molecule has 1 aromatic carbocycles. The summed E-state index contributed by atoms with van der Waals surface area (Å²) in [5.41, 5.74) is 6.74. The van der Waals surface area contributed by atoms with Gasteiger partial charge in [-0.2, -0.15) is 0 Å². The van der Waals surface area contributed by atoms with E-state index in [1.165, 1.54) is 32.1 Å². The topological polar surface area (TPSA) is 35.2 Å². The summed E-state index contributed by atoms with van der Waals surface area (Å²) in [6, 6.07) is 8.12. The number of hydrogen-bond acceptors (Lipinski definition) is 2. The third kappa shape index (κ3) is 2.96. The van der Waals surface area contributed by atoms with Gasteiger partial charge in [-0.1, -0.05) is 18.6 Å². The van der Waals surface area contributed by atoms with Crippen molar-refractivity contribution in [2.75, 3.05) is 0 Å². The van der Waals surface area contributed by atoms with Crippen LogP contribution in [0.4, 0.5) is 0 Å². The maximum atomic E-state index is 5.94. The second-order valence-corrected chi connectivity index (χ2v) is 4.23. The lowest BCUT2D eigenvalue weighted by Gasteiger charge is -2.23. The molecule has 0 aliphatic heterocycles. The molecule has 0 amide bonds. The first-order valence-electron chi connectivity index (χ1n) is 5.84. The van der Waals surface area contributed by atoms with E-state index in [2.05, 4.69) is 6.07 Å². The Kier molecular flexibility index (Phi) is 3.62. The largest absolute Gasteiger partial charge is 0.490 e. The van der Waals surface area contributed by atoms with Crippen LogP contribution in [0.3, 0.4) is 0 Å². The van der Waals surface area contributed by atoms with E-state index in [-0.39, 0.29) is 0 Å². The van der Waals surface area contributed by atoms with E-state index in [0.29, 0.717) is 12.6 Å². The maximum Gasteiger partial charge on any atom is 0.120 e. The number of benzene rings is 1. The molecule has 1 fully saturated rings. The fourth-order valence-corrected chi connectivity index (χ4v) is 2.12. The summed E-state index contributed by atoms with van der Waals surface area (Å²) >= 11 is 0. The second-order valence-electron chi connectivity index (χ2n) is 4.23. The molecule has 2 heteroatoms. The van der Waals surface area contributed by atoms with Crippen LogP contribution in [0.1, 0.15) is 37.7 Å². The van der Waals surface area contributed by atoms with Crippen LogP contribution in [-0.4, -0.2) is 6.10 Å². The van der Waals surface area contributed by atoms with Gasteiger partial charge in [-0.15, -0.1) is 0 Å². The van der Waals surface area contributed by atoms with Gasteiger partial charge in [0.1, 0.15) is 5.75 Å². The lowest BCUT2D eigenvalue weighted by molar-refractivity contribution is 0.155. The van der Waals surface area contributed by atoms with Gasteiger partial charge in [0, 0.05) is 6.54 Å². The van der Waals surface area contributed by atoms with Gasteiger partial charge < -0.3 is 10.5 Å². The predicted molar refractivity (Wildman–Crippen MR) is 61.8 cm³/mol. The second kappa shape index (κ2) is 5.17. The van der Waals surface area contributed by atoms with Gasteiger partial charge in [-0.3, -0.25) is 0 Å². The van der Waals surface area contributed by atoms with Crippen LogP contribution in [0, 0.1) is 0 Å². The molecule has 2 nitrogen and oxygen atoms in total. The van der Waals surface area contributed by atoms with Crippen molar-refractivity contribution in [3.63, 3.8) is 0 Å². The average Bonchev–Trinajstić information content (AvgIpc) is 2.31. The monoisotopic (exact) mass is 205 g/mol. The third-order valence-electron chi connectivity index (χ3n) is 2.99. The highest BCUT2D eigenvalue weighted by Gasteiger charge is 2.14. The quantitative estimate of drug-likeness (QED) is 0.823. The summed E-state index contributed by atoms with van der Waals surface area (Å²) in [5.74, 6) is 0.977. The lowest BCUT2D eigenvalue weighted by Crippen LogP contribution is -2.19. The van der Waals surface area contributed by atoms with Crippen molar-refractivity contribution in [1.82, 2.24) is 0 Å². The Hall–Kier alpha value is -1.02. The van der Waals surface area contributed by atoms with Gasteiger partial charge in [-0.05, 0) is 43.4 Å². The zero-order valence-corrected chi connectivity index (χ0v) is 9.11. The highest BCUT2D eigenvalue weighted by molar-refractivity contribution is 5.28. The number of rotatable bonds is 3. The maximum absolute atomic E-state index is 5.94. The molecular weight excluding hydrogens is 186 g/mol. The number of hydrogen-bond donors (Lipinski definition) is 1. The van der Waals surface area contributed by atoms with Crippen molar-refractivity contribution >= 4 is 0 Å². The molecule has 0 atom stereocenters. The Morgan fingerprint density at radius 1 is 1.20 bits per heavy atom. The molecule has 1 saturated carbocycles. The summed E-state index contributed by atoms with van der Waals surface area (Å²) < 4.78 is 5.94. The molecule has 82 valence electrons. The van der Waals surface area contributed by atoms with E-state index in [0.717, 1.165) is 11.3 Å². The SMILES string of the molecule is NCc1cccc(OC2CCCCC2)c1. The molecule has 0 unspecified atom stereocenters. The molecule has 1 aromatic rings. The Bertz CT molecular complexity index is 305. The van der Waals surface area contributed by atoms with E-state index in [1.807, 2.05) is 18.2 Å². The van der Waals surface area contributed by atoms with Crippen LogP contribution >= 0.6 is 0 Å². The molecule has 0 saturated heterocycles. The van der Waals surface area contributed by atoms with Crippen LogP contribution in [0.5, 0.6) is 5.75 Å². The first-order valence-corrected chi connectivity index (χ1v) is 5.84. The fourth-order valence-electron chi connectivity index (χ4n) is 2.12. The molecule has 2 rings (SSSR count). The van der Waals surface area contributed by atoms with Crippen molar-refractivity contribution in [3.05, 3.63) is 29.8 Å². The molecule has 0 heterocycles. The Morgan fingerprint density at radius 3 is 2.73 bits per heavy atom. The van der Waals surface area contributed by atoms with E-state index in [1.54, 1.807) is 0 Å². The Balaban J connectivity index is 1.96. The van der Waals surface area contributed by atoms with Crippen molar-refractivity contribution in [3.8, 4) is 5.75 Å². The van der Waals surface area contributed by atoms with Gasteiger partial charge in [0.25, 0.3) is 0 Å². The molecular formula is C13H19NO. The minimum Gasteiger partial charge on any atom is -0.490 e. The van der Waals surface area contributed by atoms with Crippen LogP contribution < -0.4 is 10.5 Å². The molecule has 1 aliphatic rings. The van der Waals surface area contributed by atoms with Gasteiger partial charge in [-0.25, -0.2) is 0 Å². The summed E-state index contributed by atoms with van der Waals surface area (Å²) in [7, 11) is 0. The van der Waals surface area contributed by atoms with Crippen molar-refractivity contribution in [1.29, 1.82) is 0 Å². The normalized spacial score (nSPS) is 17.7. The number of nitrogens with two attached hydrogens (primary N) is 1. The minimum atomic E-state index is 0.423. The lowest BCUT2D eigenvalue weighted by atomic mass is 9.98.